The highest BCUT2D eigenvalue weighted by Gasteiger charge is 2.26. The standard InChI is InChI=1S/C12H19NO3Si/c1-14-11-10(12-15-5-6-16-12)7-9(8-13-11)17(2,3)4/h7-8,12H,5-6H2,1-4H3. The van der Waals surface area contributed by atoms with Crippen LogP contribution in [0.2, 0.25) is 19.6 Å². The molecule has 1 aromatic rings. The molecule has 0 atom stereocenters. The van der Waals surface area contributed by atoms with Gasteiger partial charge in [0, 0.05) is 6.20 Å². The molecule has 94 valence electrons. The van der Waals surface area contributed by atoms with E-state index in [-0.39, 0.29) is 6.29 Å². The Morgan fingerprint density at radius 2 is 1.94 bits per heavy atom. The molecule has 0 spiro atoms. The molecule has 0 aromatic carbocycles. The average Bonchev–Trinajstić information content (AvgIpc) is 2.80. The zero-order chi connectivity index (χ0) is 12.5. The minimum Gasteiger partial charge on any atom is -0.481 e. The Bertz CT molecular complexity index is 397. The van der Waals surface area contributed by atoms with Crippen LogP contribution in [0.15, 0.2) is 12.3 Å². The van der Waals surface area contributed by atoms with E-state index in [1.807, 2.05) is 6.20 Å². The summed E-state index contributed by atoms with van der Waals surface area (Å²) in [6, 6.07) is 2.12. The van der Waals surface area contributed by atoms with E-state index in [2.05, 4.69) is 30.7 Å². The van der Waals surface area contributed by atoms with Crippen LogP contribution >= 0.6 is 0 Å². The molecule has 5 heteroatoms. The summed E-state index contributed by atoms with van der Waals surface area (Å²) in [5.41, 5.74) is 0.907. The van der Waals surface area contributed by atoms with Gasteiger partial charge in [-0.25, -0.2) is 4.98 Å². The highest BCUT2D eigenvalue weighted by Crippen LogP contribution is 2.29. The van der Waals surface area contributed by atoms with E-state index in [0.717, 1.165) is 5.56 Å². The number of hydrogen-bond acceptors (Lipinski definition) is 4. The van der Waals surface area contributed by atoms with E-state index in [1.165, 1.54) is 5.19 Å². The summed E-state index contributed by atoms with van der Waals surface area (Å²) in [7, 11) is 0.239. The third-order valence-electron chi connectivity index (χ3n) is 2.81. The molecule has 2 heterocycles. The summed E-state index contributed by atoms with van der Waals surface area (Å²) < 4.78 is 16.3. The zero-order valence-electron chi connectivity index (χ0n) is 10.8. The number of aromatic nitrogens is 1. The Labute approximate surface area is 103 Å². The molecule has 0 amide bonds. The molecule has 0 radical (unpaired) electrons. The highest BCUT2D eigenvalue weighted by atomic mass is 28.3. The van der Waals surface area contributed by atoms with Crippen molar-refractivity contribution in [2.75, 3.05) is 20.3 Å². The quantitative estimate of drug-likeness (QED) is 0.769. The maximum absolute atomic E-state index is 5.52. The maximum Gasteiger partial charge on any atom is 0.221 e. The second-order valence-electron chi connectivity index (χ2n) is 5.15. The maximum atomic E-state index is 5.52. The Hall–Kier alpha value is -0.913. The summed E-state index contributed by atoms with van der Waals surface area (Å²) in [6.45, 7) is 8.12. The van der Waals surface area contributed by atoms with Crippen LogP contribution in [0.5, 0.6) is 5.88 Å². The summed E-state index contributed by atoms with van der Waals surface area (Å²) >= 11 is 0. The van der Waals surface area contributed by atoms with Crippen LogP contribution in [-0.4, -0.2) is 33.4 Å². The Balaban J connectivity index is 2.39. The first-order chi connectivity index (χ1) is 8.02. The van der Waals surface area contributed by atoms with Crippen molar-refractivity contribution in [3.8, 4) is 5.88 Å². The molecule has 1 saturated heterocycles. The van der Waals surface area contributed by atoms with Crippen molar-refractivity contribution in [2.45, 2.75) is 25.9 Å². The summed E-state index contributed by atoms with van der Waals surface area (Å²) in [5.74, 6) is 0.596. The number of methoxy groups -OCH3 is 1. The van der Waals surface area contributed by atoms with Crippen molar-refractivity contribution < 1.29 is 14.2 Å². The van der Waals surface area contributed by atoms with Gasteiger partial charge in [0.15, 0.2) is 6.29 Å². The number of nitrogens with zero attached hydrogens (tertiary/aromatic N) is 1. The van der Waals surface area contributed by atoms with E-state index in [0.29, 0.717) is 19.1 Å². The van der Waals surface area contributed by atoms with Crippen LogP contribution in [0.4, 0.5) is 0 Å². The van der Waals surface area contributed by atoms with Gasteiger partial charge in [-0.05, 0) is 11.3 Å². The number of ether oxygens (including phenoxy) is 3. The third-order valence-corrected chi connectivity index (χ3v) is 4.82. The van der Waals surface area contributed by atoms with Crippen LogP contribution in [-0.2, 0) is 9.47 Å². The van der Waals surface area contributed by atoms with Crippen LogP contribution in [0.3, 0.4) is 0 Å². The topological polar surface area (TPSA) is 40.6 Å². The molecule has 0 N–H and O–H groups in total. The Morgan fingerprint density at radius 3 is 2.47 bits per heavy atom. The van der Waals surface area contributed by atoms with Gasteiger partial charge >= 0.3 is 0 Å². The number of pyridine rings is 1. The Morgan fingerprint density at radius 1 is 1.29 bits per heavy atom. The smallest absolute Gasteiger partial charge is 0.221 e. The molecule has 4 nitrogen and oxygen atoms in total. The summed E-state index contributed by atoms with van der Waals surface area (Å²) in [4.78, 5) is 4.36. The van der Waals surface area contributed by atoms with Gasteiger partial charge in [0.05, 0.1) is 34.0 Å². The van der Waals surface area contributed by atoms with Gasteiger partial charge in [-0.3, -0.25) is 0 Å². The van der Waals surface area contributed by atoms with Crippen LogP contribution in [0.1, 0.15) is 11.9 Å². The first-order valence-electron chi connectivity index (χ1n) is 5.80. The van der Waals surface area contributed by atoms with Crippen LogP contribution in [0.25, 0.3) is 0 Å². The molecule has 1 aliphatic heterocycles. The van der Waals surface area contributed by atoms with E-state index >= 15 is 0 Å². The van der Waals surface area contributed by atoms with Crippen molar-refractivity contribution in [1.29, 1.82) is 0 Å². The minimum absolute atomic E-state index is 0.325. The molecule has 17 heavy (non-hydrogen) atoms. The lowest BCUT2D eigenvalue weighted by Crippen LogP contribution is -2.38. The van der Waals surface area contributed by atoms with Gasteiger partial charge < -0.3 is 14.2 Å². The van der Waals surface area contributed by atoms with Crippen LogP contribution in [0, 0.1) is 0 Å². The van der Waals surface area contributed by atoms with Crippen molar-refractivity contribution in [3.05, 3.63) is 17.8 Å². The third kappa shape index (κ3) is 2.67. The number of hydrogen-bond donors (Lipinski definition) is 0. The van der Waals surface area contributed by atoms with E-state index < -0.39 is 8.07 Å². The fourth-order valence-corrected chi connectivity index (χ4v) is 2.80. The zero-order valence-corrected chi connectivity index (χ0v) is 11.8. The second-order valence-corrected chi connectivity index (χ2v) is 10.2. The van der Waals surface area contributed by atoms with Gasteiger partial charge in [-0.15, -0.1) is 0 Å². The van der Waals surface area contributed by atoms with Gasteiger partial charge in [-0.2, -0.15) is 0 Å². The highest BCUT2D eigenvalue weighted by molar-refractivity contribution is 6.88. The SMILES string of the molecule is COc1ncc([Si](C)(C)C)cc1C1OCCO1. The van der Waals surface area contributed by atoms with Gasteiger partial charge in [0.25, 0.3) is 0 Å². The largest absolute Gasteiger partial charge is 0.481 e. The molecule has 1 fully saturated rings. The predicted octanol–water partition coefficient (Wildman–Crippen LogP) is 1.68. The predicted molar refractivity (Wildman–Crippen MR) is 68.4 cm³/mol. The molecule has 0 aliphatic carbocycles. The van der Waals surface area contributed by atoms with Crippen molar-refractivity contribution in [2.24, 2.45) is 0 Å². The molecule has 1 aromatic heterocycles. The molecule has 0 unspecified atom stereocenters. The lowest BCUT2D eigenvalue weighted by atomic mass is 10.2. The fraction of sp³-hybridized carbons (Fsp3) is 0.583. The molecule has 1 aliphatic rings. The van der Waals surface area contributed by atoms with E-state index in [9.17, 15) is 0 Å². The second kappa shape index (κ2) is 4.76. The first-order valence-corrected chi connectivity index (χ1v) is 9.30. The van der Waals surface area contributed by atoms with Gasteiger partial charge in [0.2, 0.25) is 5.88 Å². The fourth-order valence-electron chi connectivity index (χ4n) is 1.76. The van der Waals surface area contributed by atoms with Crippen molar-refractivity contribution >= 4 is 13.3 Å². The Kier molecular flexibility index (Phi) is 3.51. The monoisotopic (exact) mass is 253 g/mol. The summed E-state index contributed by atoms with van der Waals surface area (Å²) in [6.07, 6.45) is 1.58. The van der Waals surface area contributed by atoms with Crippen LogP contribution < -0.4 is 9.92 Å². The van der Waals surface area contributed by atoms with Gasteiger partial charge in [-0.1, -0.05) is 19.6 Å². The lowest BCUT2D eigenvalue weighted by Gasteiger charge is -2.20. The van der Waals surface area contributed by atoms with Crippen molar-refractivity contribution in [3.63, 3.8) is 0 Å². The average molecular weight is 253 g/mol. The molecule has 2 rings (SSSR count). The molecule has 0 saturated carbocycles. The van der Waals surface area contributed by atoms with E-state index in [1.54, 1.807) is 7.11 Å². The van der Waals surface area contributed by atoms with E-state index in [4.69, 9.17) is 14.2 Å². The minimum atomic E-state index is -1.38. The molecular weight excluding hydrogens is 234 g/mol. The molecule has 0 bridgehead atoms. The first kappa shape index (κ1) is 12.5. The lowest BCUT2D eigenvalue weighted by molar-refractivity contribution is -0.0457. The molecular formula is C12H19NO3Si. The summed E-state index contributed by atoms with van der Waals surface area (Å²) in [5, 5.41) is 1.28. The van der Waals surface area contributed by atoms with Gasteiger partial charge in [0.1, 0.15) is 0 Å². The normalized spacial score (nSPS) is 17.4. The van der Waals surface area contributed by atoms with Crippen molar-refractivity contribution in [1.82, 2.24) is 4.98 Å². The number of rotatable bonds is 3.